The van der Waals surface area contributed by atoms with Gasteiger partial charge in [0, 0.05) is 32.6 Å². The van der Waals surface area contributed by atoms with E-state index in [-0.39, 0.29) is 23.1 Å². The minimum absolute atomic E-state index is 0.00338. The summed E-state index contributed by atoms with van der Waals surface area (Å²) in [5.74, 6) is -10.6. The lowest BCUT2D eigenvalue weighted by molar-refractivity contribution is -0.300. The SMILES string of the molecule is C=C(C)C1(OC(=O)c2ccccc2)C(O)C(C)C2(O)C(C(OC(C)=O)C(C)(O)C(OC(=O)c3ccccc3)C3(O)C(OC(C)=O)C(C)CC23)C1OC(C)=O. The molecule has 0 heterocycles. The molecule has 13 atom stereocenters. The van der Waals surface area contributed by atoms with E-state index in [1.165, 1.54) is 38.1 Å². The number of benzene rings is 2. The summed E-state index contributed by atoms with van der Waals surface area (Å²) in [7, 11) is 0. The summed E-state index contributed by atoms with van der Waals surface area (Å²) in [4.78, 5) is 66.5. The zero-order valence-electron chi connectivity index (χ0n) is 31.3. The van der Waals surface area contributed by atoms with Gasteiger partial charge in [-0.3, -0.25) is 14.4 Å². The number of aliphatic hydroxyl groups is 4. The molecule has 3 aliphatic carbocycles. The Morgan fingerprint density at radius 1 is 0.685 bits per heavy atom. The average molecular weight is 753 g/mol. The van der Waals surface area contributed by atoms with Gasteiger partial charge in [0.2, 0.25) is 0 Å². The van der Waals surface area contributed by atoms with Crippen molar-refractivity contribution in [3.63, 3.8) is 0 Å². The largest absolute Gasteiger partial charge is 0.459 e. The number of ether oxygens (including phenoxy) is 5. The van der Waals surface area contributed by atoms with Crippen molar-refractivity contribution < 1.29 is 68.1 Å². The minimum atomic E-state index is -2.72. The van der Waals surface area contributed by atoms with Crippen molar-refractivity contribution in [2.45, 2.75) is 108 Å². The standard InChI is InChI=1S/C40H48O14/c1-20(2)40(54-35(46)27-17-13-10-14-18-27)30(44)22(4)38(48)28-19-21(3)31(50-23(5)41)39(28,49)36(53-34(45)26-15-11-9-12-16-26)37(8,47)32(51-24(6)42)29(38)33(40)52-25(7)43/h9-18,21-22,28-33,36,44,47-49H,1,19H2,2-8H3. The topological polar surface area (TPSA) is 212 Å². The minimum Gasteiger partial charge on any atom is -0.459 e. The summed E-state index contributed by atoms with van der Waals surface area (Å²) in [5.41, 5.74) is -10.3. The van der Waals surface area contributed by atoms with Crippen LogP contribution in [0.3, 0.4) is 0 Å². The summed E-state index contributed by atoms with van der Waals surface area (Å²) in [5, 5.41) is 52.1. The van der Waals surface area contributed by atoms with Crippen LogP contribution < -0.4 is 0 Å². The molecule has 14 heteroatoms. The second kappa shape index (κ2) is 14.5. The lowest BCUT2D eigenvalue weighted by atomic mass is 9.52. The molecule has 0 aromatic heterocycles. The molecule has 0 amide bonds. The van der Waals surface area contributed by atoms with E-state index in [1.807, 2.05) is 0 Å². The number of carbonyl (C=O) groups excluding carboxylic acids is 5. The Morgan fingerprint density at radius 3 is 1.63 bits per heavy atom. The molecule has 292 valence electrons. The Kier molecular flexibility index (Phi) is 10.9. The van der Waals surface area contributed by atoms with Crippen LogP contribution in [0.5, 0.6) is 0 Å². The molecule has 0 aliphatic heterocycles. The number of hydrogen-bond acceptors (Lipinski definition) is 14. The third kappa shape index (κ3) is 6.38. The zero-order valence-corrected chi connectivity index (χ0v) is 31.3. The molecule has 0 bridgehead atoms. The molecule has 54 heavy (non-hydrogen) atoms. The first-order valence-electron chi connectivity index (χ1n) is 17.7. The highest BCUT2D eigenvalue weighted by atomic mass is 16.6. The first kappa shape index (κ1) is 40.6. The molecule has 2 aromatic rings. The first-order chi connectivity index (χ1) is 25.2. The van der Waals surface area contributed by atoms with Gasteiger partial charge in [-0.2, -0.15) is 0 Å². The maximum atomic E-state index is 13.9. The van der Waals surface area contributed by atoms with Gasteiger partial charge in [-0.25, -0.2) is 9.59 Å². The Balaban J connectivity index is 1.86. The van der Waals surface area contributed by atoms with Gasteiger partial charge < -0.3 is 44.1 Å². The molecule has 4 N–H and O–H groups in total. The van der Waals surface area contributed by atoms with E-state index in [0.717, 1.165) is 27.7 Å². The van der Waals surface area contributed by atoms with Gasteiger partial charge in [-0.15, -0.1) is 0 Å². The number of carbonyl (C=O) groups is 5. The monoisotopic (exact) mass is 752 g/mol. The van der Waals surface area contributed by atoms with Gasteiger partial charge >= 0.3 is 29.8 Å². The van der Waals surface area contributed by atoms with E-state index in [2.05, 4.69) is 6.58 Å². The zero-order chi connectivity index (χ0) is 40.1. The molecule has 2 aromatic carbocycles. The molecule has 3 saturated carbocycles. The van der Waals surface area contributed by atoms with Crippen molar-refractivity contribution in [1.29, 1.82) is 0 Å². The van der Waals surface area contributed by atoms with Crippen molar-refractivity contribution >= 4 is 29.8 Å². The summed E-state index contributed by atoms with van der Waals surface area (Å²) in [6.45, 7) is 12.6. The van der Waals surface area contributed by atoms with Crippen molar-refractivity contribution in [1.82, 2.24) is 0 Å². The van der Waals surface area contributed by atoms with Gasteiger partial charge in [0.05, 0.1) is 22.6 Å². The highest BCUT2D eigenvalue weighted by molar-refractivity contribution is 5.90. The molecule has 0 saturated heterocycles. The second-order valence-corrected chi connectivity index (χ2v) is 15.1. The number of hydrogen-bond donors (Lipinski definition) is 4. The lowest BCUT2D eigenvalue weighted by Gasteiger charge is -2.61. The first-order valence-corrected chi connectivity index (χ1v) is 17.7. The highest BCUT2D eigenvalue weighted by Gasteiger charge is 2.82. The van der Waals surface area contributed by atoms with Crippen LogP contribution in [0.15, 0.2) is 72.8 Å². The van der Waals surface area contributed by atoms with Gasteiger partial charge in [-0.05, 0) is 56.0 Å². The highest BCUT2D eigenvalue weighted by Crippen LogP contribution is 2.64. The maximum Gasteiger partial charge on any atom is 0.339 e. The Bertz CT molecular complexity index is 1790. The van der Waals surface area contributed by atoms with E-state index in [1.54, 1.807) is 43.3 Å². The van der Waals surface area contributed by atoms with E-state index < -0.39 is 106 Å². The normalized spacial score (nSPS) is 38.4. The third-order valence-electron chi connectivity index (χ3n) is 11.5. The fourth-order valence-corrected chi connectivity index (χ4v) is 9.32. The third-order valence-corrected chi connectivity index (χ3v) is 11.5. The molecular weight excluding hydrogens is 704 g/mol. The molecular formula is C40H48O14. The summed E-state index contributed by atoms with van der Waals surface area (Å²) in [6.07, 6.45) is -9.86. The van der Waals surface area contributed by atoms with Crippen molar-refractivity contribution in [3.05, 3.63) is 83.9 Å². The number of esters is 5. The van der Waals surface area contributed by atoms with E-state index >= 15 is 0 Å². The van der Waals surface area contributed by atoms with Crippen molar-refractivity contribution in [2.75, 3.05) is 0 Å². The fraction of sp³-hybridized carbons (Fsp3) is 0.525. The van der Waals surface area contributed by atoms with E-state index in [0.29, 0.717) is 0 Å². The van der Waals surface area contributed by atoms with Crippen LogP contribution in [0.4, 0.5) is 0 Å². The Hall–Kier alpha value is -4.63. The van der Waals surface area contributed by atoms with E-state index in [9.17, 15) is 44.4 Å². The van der Waals surface area contributed by atoms with Crippen LogP contribution in [0.25, 0.3) is 0 Å². The molecule has 3 fully saturated rings. The molecule has 0 radical (unpaired) electrons. The molecule has 5 rings (SSSR count). The Morgan fingerprint density at radius 2 is 1.15 bits per heavy atom. The van der Waals surface area contributed by atoms with Crippen LogP contribution in [-0.4, -0.2) is 103 Å². The van der Waals surface area contributed by atoms with Crippen molar-refractivity contribution in [3.8, 4) is 0 Å². The van der Waals surface area contributed by atoms with Gasteiger partial charge in [0.15, 0.2) is 17.8 Å². The van der Waals surface area contributed by atoms with Gasteiger partial charge in [-0.1, -0.05) is 56.8 Å². The molecule has 14 nitrogen and oxygen atoms in total. The predicted octanol–water partition coefficient (Wildman–Crippen LogP) is 2.69. The maximum absolute atomic E-state index is 13.9. The fourth-order valence-electron chi connectivity index (χ4n) is 9.32. The van der Waals surface area contributed by atoms with Crippen LogP contribution in [0.2, 0.25) is 0 Å². The molecule has 3 aliphatic rings. The lowest BCUT2D eigenvalue weighted by Crippen LogP contribution is -2.77. The van der Waals surface area contributed by atoms with Crippen LogP contribution >= 0.6 is 0 Å². The van der Waals surface area contributed by atoms with Crippen LogP contribution in [-0.2, 0) is 38.1 Å². The van der Waals surface area contributed by atoms with Crippen molar-refractivity contribution in [2.24, 2.45) is 23.7 Å². The number of aliphatic hydroxyl groups excluding tert-OH is 1. The number of rotatable bonds is 8. The number of fused-ring (bicyclic) bond motifs is 3. The molecule has 0 spiro atoms. The smallest absolute Gasteiger partial charge is 0.339 e. The average Bonchev–Trinajstić information content (AvgIpc) is 3.34. The second-order valence-electron chi connectivity index (χ2n) is 15.1. The summed E-state index contributed by atoms with van der Waals surface area (Å²) in [6, 6.07) is 15.3. The van der Waals surface area contributed by atoms with E-state index in [4.69, 9.17) is 23.7 Å². The predicted molar refractivity (Wildman–Crippen MR) is 188 cm³/mol. The van der Waals surface area contributed by atoms with Gasteiger partial charge in [0.1, 0.15) is 29.5 Å². The van der Waals surface area contributed by atoms with Gasteiger partial charge in [0.25, 0.3) is 0 Å². The summed E-state index contributed by atoms with van der Waals surface area (Å²) >= 11 is 0. The quantitative estimate of drug-likeness (QED) is 0.174. The molecule has 13 unspecified atom stereocenters. The summed E-state index contributed by atoms with van der Waals surface area (Å²) < 4.78 is 29.6. The van der Waals surface area contributed by atoms with Crippen LogP contribution in [0.1, 0.15) is 75.6 Å². The Labute approximate surface area is 313 Å². The van der Waals surface area contributed by atoms with Crippen LogP contribution in [0, 0.1) is 23.7 Å².